The van der Waals surface area contributed by atoms with Gasteiger partial charge in [0.25, 0.3) is 0 Å². The molecule has 1 atom stereocenters. The van der Waals surface area contributed by atoms with Gasteiger partial charge in [0.15, 0.2) is 0 Å². The minimum absolute atomic E-state index is 0.600. The summed E-state index contributed by atoms with van der Waals surface area (Å²) in [5.74, 6) is 0. The van der Waals surface area contributed by atoms with Crippen molar-refractivity contribution >= 4 is 16.8 Å². The Morgan fingerprint density at radius 1 is 0.849 bits per heavy atom. The van der Waals surface area contributed by atoms with Crippen molar-refractivity contribution in [3.05, 3.63) is 212 Å². The third-order valence-electron chi connectivity index (χ3n) is 8.71. The van der Waals surface area contributed by atoms with E-state index in [9.17, 15) is 0 Å². The van der Waals surface area contributed by atoms with Gasteiger partial charge in [-0.15, -0.1) is 13.2 Å². The highest BCUT2D eigenvalue weighted by Gasteiger charge is 2.38. The van der Waals surface area contributed by atoms with Gasteiger partial charge in [-0.05, 0) is 115 Å². The number of nitrogens with two attached hydrogens (primary N) is 1. The van der Waals surface area contributed by atoms with Gasteiger partial charge in [-0.25, -0.2) is 0 Å². The second-order valence-electron chi connectivity index (χ2n) is 11.9. The highest BCUT2D eigenvalue weighted by molar-refractivity contribution is 5.90. The molecule has 5 rings (SSSR count). The molecule has 0 heterocycles. The SMILES string of the molecule is C=C.C=C/C(=C\C)C1=CCC=C1.C=CC(=C)C(N/C=C\C)(C1=CC=C(c2cc(N)c(C(=C)C)c(-c3ccc(C)cc3)c2)C1)c1ccccc1.CC.CC. The summed E-state index contributed by atoms with van der Waals surface area (Å²) in [5, 5.41) is 3.65. The molecular weight excluding hydrogens is 641 g/mol. The molecule has 53 heavy (non-hydrogen) atoms. The van der Waals surface area contributed by atoms with E-state index in [0.29, 0.717) is 0 Å². The molecule has 0 aliphatic heterocycles. The first-order valence-electron chi connectivity index (χ1n) is 18.7. The molecule has 0 fully saturated rings. The lowest BCUT2D eigenvalue weighted by Gasteiger charge is -2.38. The molecule has 3 N–H and O–H groups in total. The van der Waals surface area contributed by atoms with Crippen LogP contribution >= 0.6 is 0 Å². The Hall–Kier alpha value is -5.60. The molecule has 0 saturated heterocycles. The number of rotatable bonds is 11. The molecule has 0 radical (unpaired) electrons. The van der Waals surface area contributed by atoms with Crippen LogP contribution in [0.5, 0.6) is 0 Å². The second-order valence-corrected chi connectivity index (χ2v) is 11.9. The standard InChI is InChI=1S/C35H36N2.C10H12.2C2H6.C2H4/c1-7-20-37-35(26(6)8-2,30-12-10-9-11-13-30)31-19-18-28(21-31)29-22-32(27-16-14-25(5)15-17-27)34(24(3)4)33(36)23-29;1-3-9(4-2)10-7-5-6-8-10;3*1-2/h7-20,22-23,37H,2-3,6,21,36H2,1,4-5H3;3-5,7-8H,1,6H2,2H3;2*1-2H3;1-2H2/b20-7-;9-4+;;;. The number of hydrogen-bond donors (Lipinski definition) is 2. The lowest BCUT2D eigenvalue weighted by Crippen LogP contribution is -2.42. The number of allylic oxidation sites excluding steroid dienone is 12. The summed E-state index contributed by atoms with van der Waals surface area (Å²) < 4.78 is 0. The smallest absolute Gasteiger partial charge is 0.109 e. The minimum Gasteiger partial charge on any atom is -0.398 e. The van der Waals surface area contributed by atoms with Crippen LogP contribution in [0.25, 0.3) is 22.3 Å². The molecule has 0 aromatic heterocycles. The van der Waals surface area contributed by atoms with Crippen LogP contribution in [-0.2, 0) is 5.54 Å². The Morgan fingerprint density at radius 2 is 1.49 bits per heavy atom. The summed E-state index contributed by atoms with van der Waals surface area (Å²) in [6, 6.07) is 23.3. The first-order valence-corrected chi connectivity index (χ1v) is 18.7. The summed E-state index contributed by atoms with van der Waals surface area (Å²) in [6.45, 7) is 38.6. The van der Waals surface area contributed by atoms with E-state index in [1.165, 1.54) is 27.9 Å². The molecule has 2 nitrogen and oxygen atoms in total. The van der Waals surface area contributed by atoms with Crippen LogP contribution in [0.15, 0.2) is 189 Å². The fraction of sp³-hybridized carbons (Fsp3) is 0.216. The highest BCUT2D eigenvalue weighted by atomic mass is 15.0. The van der Waals surface area contributed by atoms with Crippen LogP contribution in [-0.4, -0.2) is 0 Å². The Bertz CT molecular complexity index is 1850. The van der Waals surface area contributed by atoms with E-state index < -0.39 is 5.54 Å². The average molecular weight is 705 g/mol. The van der Waals surface area contributed by atoms with Crippen molar-refractivity contribution in [2.45, 2.75) is 73.8 Å². The molecule has 0 amide bonds. The van der Waals surface area contributed by atoms with Gasteiger partial charge in [0.1, 0.15) is 5.54 Å². The van der Waals surface area contributed by atoms with Crippen molar-refractivity contribution in [2.24, 2.45) is 0 Å². The van der Waals surface area contributed by atoms with Gasteiger partial charge >= 0.3 is 0 Å². The Morgan fingerprint density at radius 3 is 2.00 bits per heavy atom. The third-order valence-corrected chi connectivity index (χ3v) is 8.71. The molecule has 2 heteroatoms. The predicted octanol–water partition coefficient (Wildman–Crippen LogP) is 14.6. The average Bonchev–Trinajstić information content (AvgIpc) is 3.93. The van der Waals surface area contributed by atoms with Crippen molar-refractivity contribution < 1.29 is 0 Å². The van der Waals surface area contributed by atoms with Crippen molar-refractivity contribution in [1.82, 2.24) is 5.32 Å². The van der Waals surface area contributed by atoms with Crippen LogP contribution in [0, 0.1) is 6.92 Å². The highest BCUT2D eigenvalue weighted by Crippen LogP contribution is 2.45. The fourth-order valence-corrected chi connectivity index (χ4v) is 6.24. The quantitative estimate of drug-likeness (QED) is 0.118. The summed E-state index contributed by atoms with van der Waals surface area (Å²) >= 11 is 0. The Labute approximate surface area is 323 Å². The van der Waals surface area contributed by atoms with Crippen LogP contribution < -0.4 is 11.1 Å². The lowest BCUT2D eigenvalue weighted by molar-refractivity contribution is 0.532. The first-order chi connectivity index (χ1) is 25.7. The summed E-state index contributed by atoms with van der Waals surface area (Å²) in [7, 11) is 0. The van der Waals surface area contributed by atoms with Gasteiger partial charge in [0, 0.05) is 11.3 Å². The van der Waals surface area contributed by atoms with Crippen molar-refractivity contribution in [2.75, 3.05) is 5.73 Å². The van der Waals surface area contributed by atoms with Gasteiger partial charge in [0.05, 0.1) is 0 Å². The zero-order valence-electron chi connectivity index (χ0n) is 33.9. The third kappa shape index (κ3) is 11.4. The first kappa shape index (κ1) is 45.4. The van der Waals surface area contributed by atoms with E-state index in [1.807, 2.05) is 79.0 Å². The van der Waals surface area contributed by atoms with Crippen molar-refractivity contribution in [3.63, 3.8) is 0 Å². The summed E-state index contributed by atoms with van der Waals surface area (Å²) in [4.78, 5) is 0. The van der Waals surface area contributed by atoms with Crippen molar-refractivity contribution in [1.29, 1.82) is 0 Å². The number of nitrogen functional groups attached to an aromatic ring is 1. The number of nitrogens with one attached hydrogen (secondary N) is 1. The van der Waals surface area contributed by atoms with Crippen LogP contribution in [0.1, 0.15) is 83.6 Å². The normalized spacial score (nSPS) is 13.7. The Balaban J connectivity index is 0.000000740. The molecule has 1 unspecified atom stereocenters. The van der Waals surface area contributed by atoms with E-state index in [1.54, 1.807) is 0 Å². The van der Waals surface area contributed by atoms with E-state index in [-0.39, 0.29) is 0 Å². The van der Waals surface area contributed by atoms with Crippen LogP contribution in [0.2, 0.25) is 0 Å². The molecule has 2 aliphatic carbocycles. The zero-order valence-corrected chi connectivity index (χ0v) is 33.9. The largest absolute Gasteiger partial charge is 0.398 e. The van der Waals surface area contributed by atoms with Crippen LogP contribution in [0.4, 0.5) is 5.69 Å². The second kappa shape index (κ2) is 23.8. The number of benzene rings is 3. The number of anilines is 1. The summed E-state index contributed by atoms with van der Waals surface area (Å²) in [6.07, 6.45) is 22.5. The van der Waals surface area contributed by atoms with Gasteiger partial charge in [0.2, 0.25) is 0 Å². The van der Waals surface area contributed by atoms with Gasteiger partial charge in [-0.1, -0.05) is 169 Å². The van der Waals surface area contributed by atoms with Gasteiger partial charge in [-0.2, -0.15) is 0 Å². The number of aryl methyl sites for hydroxylation is 1. The maximum Gasteiger partial charge on any atom is 0.109 e. The molecule has 3 aromatic rings. The van der Waals surface area contributed by atoms with E-state index in [0.717, 1.165) is 57.5 Å². The van der Waals surface area contributed by atoms with E-state index >= 15 is 0 Å². The molecule has 278 valence electrons. The summed E-state index contributed by atoms with van der Waals surface area (Å²) in [5.41, 5.74) is 20.3. The van der Waals surface area contributed by atoms with Crippen LogP contribution in [0.3, 0.4) is 0 Å². The zero-order chi connectivity index (χ0) is 40.0. The van der Waals surface area contributed by atoms with Gasteiger partial charge < -0.3 is 11.1 Å². The topological polar surface area (TPSA) is 38.0 Å². The monoisotopic (exact) mass is 705 g/mol. The lowest BCUT2D eigenvalue weighted by atomic mass is 9.75. The Kier molecular flexibility index (Phi) is 20.4. The maximum absolute atomic E-state index is 6.65. The van der Waals surface area contributed by atoms with Gasteiger partial charge in [-0.3, -0.25) is 0 Å². The number of hydrogen-bond acceptors (Lipinski definition) is 2. The molecular formula is C51H64N2. The molecule has 0 bridgehead atoms. The molecule has 0 saturated carbocycles. The molecule has 0 spiro atoms. The molecule has 3 aromatic carbocycles. The van der Waals surface area contributed by atoms with Crippen molar-refractivity contribution in [3.8, 4) is 11.1 Å². The predicted molar refractivity (Wildman–Crippen MR) is 242 cm³/mol. The minimum atomic E-state index is -0.600. The van der Waals surface area contributed by atoms with E-state index in [2.05, 4.69) is 149 Å². The molecule has 2 aliphatic rings. The maximum atomic E-state index is 6.65. The van der Waals surface area contributed by atoms with E-state index in [4.69, 9.17) is 5.73 Å². The fourth-order valence-electron chi connectivity index (χ4n) is 6.24.